The lowest BCUT2D eigenvalue weighted by Gasteiger charge is -2.28. The monoisotopic (exact) mass is 174 g/mol. The molecule has 0 aromatic rings. The average Bonchev–Trinajstić information content (AvgIpc) is 1.85. The van der Waals surface area contributed by atoms with Crippen LogP contribution in [0.15, 0.2) is 0 Å². The highest BCUT2D eigenvalue weighted by atomic mass is 16.5. The van der Waals surface area contributed by atoms with E-state index < -0.39 is 6.09 Å². The lowest BCUT2D eigenvalue weighted by Crippen LogP contribution is -2.43. The highest BCUT2D eigenvalue weighted by molar-refractivity contribution is 5.64. The van der Waals surface area contributed by atoms with E-state index >= 15 is 0 Å². The molecule has 0 rings (SSSR count). The molecular weight excluding hydrogens is 156 g/mol. The first-order valence-electron chi connectivity index (χ1n) is 4.01. The summed E-state index contributed by atoms with van der Waals surface area (Å²) in [5.41, 5.74) is 4.82. The third-order valence-electron chi connectivity index (χ3n) is 1.70. The van der Waals surface area contributed by atoms with Crippen molar-refractivity contribution in [1.82, 2.24) is 0 Å². The number of nitrogens with zero attached hydrogens (tertiary/aromatic N) is 1. The molecule has 1 radical (unpaired) electrons. The molecule has 12 heavy (non-hydrogen) atoms. The fourth-order valence-electron chi connectivity index (χ4n) is 0.933. The van der Waals surface area contributed by atoms with Crippen molar-refractivity contribution in [3.05, 3.63) is 6.92 Å². The molecule has 0 aromatic heterocycles. The van der Waals surface area contributed by atoms with Crippen LogP contribution < -0.4 is 5.73 Å². The minimum atomic E-state index is -0.704. The molecular formula is C8H18N2O2+. The quantitative estimate of drug-likeness (QED) is 0.613. The second-order valence-corrected chi connectivity index (χ2v) is 3.40. The first-order chi connectivity index (χ1) is 5.48. The van der Waals surface area contributed by atoms with Crippen LogP contribution in [0.1, 0.15) is 6.42 Å². The van der Waals surface area contributed by atoms with Crippen LogP contribution in [-0.2, 0) is 4.74 Å². The molecule has 0 saturated carbocycles. The van der Waals surface area contributed by atoms with E-state index in [1.54, 1.807) is 0 Å². The molecule has 0 aliphatic heterocycles. The number of ether oxygens (including phenoxy) is 1. The Morgan fingerprint density at radius 3 is 2.50 bits per heavy atom. The topological polar surface area (TPSA) is 52.3 Å². The maximum Gasteiger partial charge on any atom is 0.404 e. The van der Waals surface area contributed by atoms with E-state index in [2.05, 4.69) is 25.8 Å². The summed E-state index contributed by atoms with van der Waals surface area (Å²) in [5, 5.41) is 0. The van der Waals surface area contributed by atoms with Gasteiger partial charge in [-0.1, -0.05) is 0 Å². The summed E-state index contributed by atoms with van der Waals surface area (Å²) in [4.78, 5) is 10.2. The van der Waals surface area contributed by atoms with Gasteiger partial charge in [0.1, 0.15) is 13.2 Å². The Balaban J connectivity index is 3.53. The standard InChI is InChI=1S/C8H17N2O2/c1-4-5-10(2,3)6-7-12-8(9)11/h1,4-7H2,2-3H3,(H-,9,11)/p+1. The van der Waals surface area contributed by atoms with E-state index in [1.807, 2.05) is 0 Å². The van der Waals surface area contributed by atoms with Gasteiger partial charge in [-0.05, 0) is 13.3 Å². The van der Waals surface area contributed by atoms with Crippen molar-refractivity contribution in [2.75, 3.05) is 33.8 Å². The van der Waals surface area contributed by atoms with Crippen LogP contribution in [-0.4, -0.2) is 44.4 Å². The molecule has 0 heterocycles. The Labute approximate surface area is 73.9 Å². The molecule has 0 bridgehead atoms. The van der Waals surface area contributed by atoms with Gasteiger partial charge in [0.2, 0.25) is 0 Å². The maximum absolute atomic E-state index is 10.2. The van der Waals surface area contributed by atoms with E-state index in [-0.39, 0.29) is 0 Å². The molecule has 71 valence electrons. The Morgan fingerprint density at radius 1 is 1.50 bits per heavy atom. The number of hydrogen-bond donors (Lipinski definition) is 1. The summed E-state index contributed by atoms with van der Waals surface area (Å²) in [5.74, 6) is 0. The Bertz CT molecular complexity index is 146. The molecule has 1 amide bonds. The van der Waals surface area contributed by atoms with Crippen LogP contribution in [0.4, 0.5) is 4.79 Å². The van der Waals surface area contributed by atoms with Crippen LogP contribution in [0.25, 0.3) is 0 Å². The van der Waals surface area contributed by atoms with Crippen LogP contribution in [0.5, 0.6) is 0 Å². The molecule has 0 spiro atoms. The highest BCUT2D eigenvalue weighted by Gasteiger charge is 2.13. The summed E-state index contributed by atoms with van der Waals surface area (Å²) in [6.07, 6.45) is 0.174. The van der Waals surface area contributed by atoms with E-state index in [1.165, 1.54) is 0 Å². The molecule has 0 aliphatic rings. The number of rotatable bonds is 5. The molecule has 0 unspecified atom stereocenters. The summed E-state index contributed by atoms with van der Waals surface area (Å²) in [7, 11) is 4.13. The molecule has 4 nitrogen and oxygen atoms in total. The number of carbonyl (C=O) groups excluding carboxylic acids is 1. The zero-order chi connectivity index (χ0) is 9.61. The third kappa shape index (κ3) is 5.97. The number of nitrogens with two attached hydrogens (primary N) is 1. The Hall–Kier alpha value is -0.770. The van der Waals surface area contributed by atoms with E-state index in [0.717, 1.165) is 24.0 Å². The van der Waals surface area contributed by atoms with Crippen LogP contribution in [0.3, 0.4) is 0 Å². The fraction of sp³-hybridized carbons (Fsp3) is 0.750. The van der Waals surface area contributed by atoms with Gasteiger partial charge in [-0.15, -0.1) is 0 Å². The molecule has 2 N–H and O–H groups in total. The fourth-order valence-corrected chi connectivity index (χ4v) is 0.933. The van der Waals surface area contributed by atoms with Crippen molar-refractivity contribution >= 4 is 6.09 Å². The molecule has 0 aliphatic carbocycles. The largest absolute Gasteiger partial charge is 0.444 e. The van der Waals surface area contributed by atoms with Gasteiger partial charge in [0.25, 0.3) is 0 Å². The molecule has 0 fully saturated rings. The van der Waals surface area contributed by atoms with Gasteiger partial charge in [0, 0.05) is 0 Å². The first kappa shape index (κ1) is 11.2. The lowest BCUT2D eigenvalue weighted by atomic mass is 10.4. The first-order valence-corrected chi connectivity index (χ1v) is 4.01. The van der Waals surface area contributed by atoms with Gasteiger partial charge in [-0.2, -0.15) is 0 Å². The summed E-state index contributed by atoms with van der Waals surface area (Å²) >= 11 is 0. The normalized spacial score (nSPS) is 11.2. The predicted octanol–water partition coefficient (Wildman–Crippen LogP) is 0.382. The molecule has 4 heteroatoms. The van der Waals surface area contributed by atoms with E-state index in [9.17, 15) is 4.79 Å². The summed E-state index contributed by atoms with van der Waals surface area (Å²) < 4.78 is 5.43. The van der Waals surface area contributed by atoms with Crippen molar-refractivity contribution in [2.24, 2.45) is 5.73 Å². The number of primary amides is 1. The molecule has 0 atom stereocenters. The number of hydrogen-bond acceptors (Lipinski definition) is 2. The van der Waals surface area contributed by atoms with Crippen LogP contribution >= 0.6 is 0 Å². The van der Waals surface area contributed by atoms with E-state index in [0.29, 0.717) is 6.61 Å². The van der Waals surface area contributed by atoms with Gasteiger partial charge in [0.05, 0.1) is 20.6 Å². The van der Waals surface area contributed by atoms with Crippen molar-refractivity contribution in [2.45, 2.75) is 6.42 Å². The number of carbonyl (C=O) groups is 1. The van der Waals surface area contributed by atoms with Gasteiger partial charge in [-0.3, -0.25) is 0 Å². The zero-order valence-electron chi connectivity index (χ0n) is 7.88. The second-order valence-electron chi connectivity index (χ2n) is 3.40. The second kappa shape index (κ2) is 4.98. The highest BCUT2D eigenvalue weighted by Crippen LogP contribution is 1.97. The smallest absolute Gasteiger partial charge is 0.404 e. The predicted molar refractivity (Wildman–Crippen MR) is 47.4 cm³/mol. The van der Waals surface area contributed by atoms with Crippen molar-refractivity contribution in [3.63, 3.8) is 0 Å². The Morgan fingerprint density at radius 2 is 2.08 bits per heavy atom. The summed E-state index contributed by atoms with van der Waals surface area (Å²) in [6.45, 7) is 5.89. The van der Waals surface area contributed by atoms with Gasteiger partial charge in [-0.25, -0.2) is 4.79 Å². The van der Waals surface area contributed by atoms with Crippen LogP contribution in [0, 0.1) is 6.92 Å². The third-order valence-corrected chi connectivity index (χ3v) is 1.70. The maximum atomic E-state index is 10.2. The summed E-state index contributed by atoms with van der Waals surface area (Å²) in [6, 6.07) is 0. The van der Waals surface area contributed by atoms with Gasteiger partial charge < -0.3 is 15.0 Å². The molecule has 0 aromatic carbocycles. The number of quaternary nitrogens is 1. The van der Waals surface area contributed by atoms with Crippen LogP contribution in [0.2, 0.25) is 0 Å². The molecule has 0 saturated heterocycles. The SMILES string of the molecule is [CH2]CC[N+](C)(C)CCOC(N)=O. The zero-order valence-corrected chi connectivity index (χ0v) is 7.88. The average molecular weight is 174 g/mol. The van der Waals surface area contributed by atoms with Crippen molar-refractivity contribution in [1.29, 1.82) is 0 Å². The van der Waals surface area contributed by atoms with Crippen molar-refractivity contribution in [3.8, 4) is 0 Å². The van der Waals surface area contributed by atoms with E-state index in [4.69, 9.17) is 5.73 Å². The lowest BCUT2D eigenvalue weighted by molar-refractivity contribution is -0.890. The van der Waals surface area contributed by atoms with Crippen molar-refractivity contribution < 1.29 is 14.0 Å². The minimum absolute atomic E-state index is 0.377. The Kier molecular flexibility index (Phi) is 4.66. The number of likely N-dealkylation sites (N-methyl/N-ethyl adjacent to an activating group) is 1. The minimum Gasteiger partial charge on any atom is -0.444 e. The van der Waals surface area contributed by atoms with Gasteiger partial charge in [0.15, 0.2) is 0 Å². The number of amides is 1. The van der Waals surface area contributed by atoms with Gasteiger partial charge >= 0.3 is 6.09 Å².